The van der Waals surface area contributed by atoms with Gasteiger partial charge in [-0.15, -0.1) is 0 Å². The number of ether oxygens (including phenoxy) is 2. The molecule has 7 heteroatoms. The van der Waals surface area contributed by atoms with Gasteiger partial charge < -0.3 is 14.4 Å². The lowest BCUT2D eigenvalue weighted by atomic mass is 10.1. The van der Waals surface area contributed by atoms with Crippen molar-refractivity contribution in [1.29, 1.82) is 0 Å². The molecule has 0 aliphatic heterocycles. The summed E-state index contributed by atoms with van der Waals surface area (Å²) in [6.07, 6.45) is 3.06. The number of methoxy groups -OCH3 is 2. The first kappa shape index (κ1) is 19.6. The van der Waals surface area contributed by atoms with Crippen LogP contribution in [0.25, 0.3) is 0 Å². The highest BCUT2D eigenvalue weighted by atomic mass is 16.5. The van der Waals surface area contributed by atoms with E-state index >= 15 is 0 Å². The van der Waals surface area contributed by atoms with E-state index in [4.69, 9.17) is 9.47 Å². The summed E-state index contributed by atoms with van der Waals surface area (Å²) in [5, 5.41) is 0. The summed E-state index contributed by atoms with van der Waals surface area (Å²) in [6.45, 7) is 0. The fourth-order valence-electron chi connectivity index (χ4n) is 2.86. The molecular formula is C22H17N3O4. The third kappa shape index (κ3) is 4.39. The number of hydrogen-bond acceptors (Lipinski definition) is 7. The van der Waals surface area contributed by atoms with Gasteiger partial charge in [-0.2, -0.15) is 9.98 Å². The largest absolute Gasteiger partial charge is 0.497 e. The van der Waals surface area contributed by atoms with Crippen molar-refractivity contribution in [3.63, 3.8) is 0 Å². The fourth-order valence-corrected chi connectivity index (χ4v) is 2.86. The fraction of sp³-hybridized carbons (Fsp3) is 0.0909. The Kier molecular flexibility index (Phi) is 6.18. The summed E-state index contributed by atoms with van der Waals surface area (Å²) in [5.41, 5.74) is 3.33. The number of carbonyl (C=O) groups excluding carboxylic acids is 2. The van der Waals surface area contributed by atoms with E-state index in [1.165, 1.54) is 12.2 Å². The first-order chi connectivity index (χ1) is 14.2. The van der Waals surface area contributed by atoms with Crippen LogP contribution in [0.15, 0.2) is 76.7 Å². The number of hydrogen-bond donors (Lipinski definition) is 0. The van der Waals surface area contributed by atoms with Crippen molar-refractivity contribution in [3.8, 4) is 11.5 Å². The van der Waals surface area contributed by atoms with E-state index in [-0.39, 0.29) is 0 Å². The molecule has 0 saturated heterocycles. The minimum atomic E-state index is 0.497. The highest BCUT2D eigenvalue weighted by Crippen LogP contribution is 2.42. The van der Waals surface area contributed by atoms with Crippen LogP contribution >= 0.6 is 0 Å². The van der Waals surface area contributed by atoms with Crippen LogP contribution in [0.1, 0.15) is 0 Å². The van der Waals surface area contributed by atoms with Gasteiger partial charge >= 0.3 is 0 Å². The number of nitrogens with zero attached hydrogens (tertiary/aromatic N) is 3. The van der Waals surface area contributed by atoms with Crippen molar-refractivity contribution in [1.82, 2.24) is 0 Å². The molecule has 0 unspecified atom stereocenters. The van der Waals surface area contributed by atoms with Crippen molar-refractivity contribution < 1.29 is 19.1 Å². The Hall–Kier alpha value is -4.18. The number of aliphatic imine (C=N–C) groups is 2. The van der Waals surface area contributed by atoms with E-state index in [1.54, 1.807) is 38.5 Å². The minimum Gasteiger partial charge on any atom is -0.497 e. The molecule has 0 atom stereocenters. The zero-order valence-corrected chi connectivity index (χ0v) is 15.8. The van der Waals surface area contributed by atoms with Crippen LogP contribution in [0.4, 0.5) is 28.4 Å². The Bertz CT molecular complexity index is 1020. The molecule has 0 amide bonds. The zero-order chi connectivity index (χ0) is 20.6. The smallest absolute Gasteiger partial charge is 0.240 e. The molecule has 3 rings (SSSR count). The second-order valence-corrected chi connectivity index (χ2v) is 5.81. The van der Waals surface area contributed by atoms with Crippen LogP contribution in [0.2, 0.25) is 0 Å². The Morgan fingerprint density at radius 1 is 0.724 bits per heavy atom. The Balaban J connectivity index is 2.18. The minimum absolute atomic E-state index is 0.497. The summed E-state index contributed by atoms with van der Waals surface area (Å²) < 4.78 is 10.9. The molecule has 144 valence electrons. The second-order valence-electron chi connectivity index (χ2n) is 5.81. The van der Waals surface area contributed by atoms with Gasteiger partial charge in [-0.25, -0.2) is 9.59 Å². The van der Waals surface area contributed by atoms with Gasteiger partial charge in [0.2, 0.25) is 12.2 Å². The maximum Gasteiger partial charge on any atom is 0.240 e. The monoisotopic (exact) mass is 387 g/mol. The van der Waals surface area contributed by atoms with E-state index in [1.807, 2.05) is 47.4 Å². The maximum atomic E-state index is 10.5. The van der Waals surface area contributed by atoms with Gasteiger partial charge in [0.05, 0.1) is 31.3 Å². The molecule has 3 aromatic carbocycles. The van der Waals surface area contributed by atoms with E-state index in [9.17, 15) is 9.59 Å². The van der Waals surface area contributed by atoms with E-state index in [0.29, 0.717) is 22.9 Å². The molecule has 29 heavy (non-hydrogen) atoms. The Morgan fingerprint density at radius 2 is 1.24 bits per heavy atom. The van der Waals surface area contributed by atoms with Gasteiger partial charge in [-0.05, 0) is 60.7 Å². The van der Waals surface area contributed by atoms with Crippen LogP contribution in [0.5, 0.6) is 11.5 Å². The average Bonchev–Trinajstić information content (AvgIpc) is 2.76. The van der Waals surface area contributed by atoms with Crippen LogP contribution in [0.3, 0.4) is 0 Å². The normalized spacial score (nSPS) is 9.72. The summed E-state index contributed by atoms with van der Waals surface area (Å²) in [6, 6.07) is 19.6. The SMILES string of the molecule is COc1ccc(OC)c(N(c2ccc(N=C=O)cc2)c2ccc(N=C=O)cc2)c1. The van der Waals surface area contributed by atoms with E-state index in [0.717, 1.165) is 17.1 Å². The van der Waals surface area contributed by atoms with Crippen molar-refractivity contribution >= 4 is 40.6 Å². The summed E-state index contributed by atoms with van der Waals surface area (Å²) in [4.78, 5) is 30.2. The van der Waals surface area contributed by atoms with Crippen molar-refractivity contribution in [2.24, 2.45) is 9.98 Å². The molecule has 0 radical (unpaired) electrons. The number of anilines is 3. The van der Waals surface area contributed by atoms with Gasteiger partial charge in [0, 0.05) is 17.4 Å². The van der Waals surface area contributed by atoms with Crippen LogP contribution in [-0.4, -0.2) is 26.4 Å². The average molecular weight is 387 g/mol. The Morgan fingerprint density at radius 3 is 1.66 bits per heavy atom. The molecule has 3 aromatic rings. The number of rotatable bonds is 7. The maximum absolute atomic E-state index is 10.5. The molecule has 0 N–H and O–H groups in total. The predicted octanol–water partition coefficient (Wildman–Crippen LogP) is 5.11. The molecule has 0 aromatic heterocycles. The van der Waals surface area contributed by atoms with Crippen molar-refractivity contribution in [2.75, 3.05) is 19.1 Å². The molecule has 0 aliphatic rings. The number of isocyanates is 2. The van der Waals surface area contributed by atoms with Gasteiger partial charge in [-0.3, -0.25) is 0 Å². The van der Waals surface area contributed by atoms with Crippen molar-refractivity contribution in [3.05, 3.63) is 66.7 Å². The molecule has 0 aliphatic carbocycles. The summed E-state index contributed by atoms with van der Waals surface area (Å²) in [7, 11) is 3.18. The predicted molar refractivity (Wildman–Crippen MR) is 110 cm³/mol. The summed E-state index contributed by atoms with van der Waals surface area (Å²) in [5.74, 6) is 1.30. The van der Waals surface area contributed by atoms with Crippen molar-refractivity contribution in [2.45, 2.75) is 0 Å². The number of benzene rings is 3. The van der Waals surface area contributed by atoms with Gasteiger partial charge in [0.25, 0.3) is 0 Å². The third-order valence-electron chi connectivity index (χ3n) is 4.19. The summed E-state index contributed by atoms with van der Waals surface area (Å²) >= 11 is 0. The van der Waals surface area contributed by atoms with Gasteiger partial charge in [0.15, 0.2) is 0 Å². The standard InChI is InChI=1S/C22H17N3O4/c1-28-20-11-12-22(29-2)21(13-20)25(18-7-3-16(4-8-18)23-14-26)19-9-5-17(6-10-19)24-15-27/h3-13H,1-2H3. The first-order valence-corrected chi connectivity index (χ1v) is 8.58. The third-order valence-corrected chi connectivity index (χ3v) is 4.19. The van der Waals surface area contributed by atoms with Crippen LogP contribution in [-0.2, 0) is 9.59 Å². The van der Waals surface area contributed by atoms with Gasteiger partial charge in [0.1, 0.15) is 11.5 Å². The lowest BCUT2D eigenvalue weighted by molar-refractivity contribution is 0.404. The second kappa shape index (κ2) is 9.15. The molecule has 0 fully saturated rings. The molecule has 0 spiro atoms. The van der Waals surface area contributed by atoms with Gasteiger partial charge in [-0.1, -0.05) is 0 Å². The Labute approximate surface area is 167 Å². The van der Waals surface area contributed by atoms with Crippen LogP contribution in [0, 0.1) is 0 Å². The highest BCUT2D eigenvalue weighted by Gasteiger charge is 2.18. The molecule has 0 bridgehead atoms. The lowest BCUT2D eigenvalue weighted by Gasteiger charge is -2.27. The quantitative estimate of drug-likeness (QED) is 0.416. The van der Waals surface area contributed by atoms with Crippen LogP contribution < -0.4 is 14.4 Å². The molecule has 0 heterocycles. The zero-order valence-electron chi connectivity index (χ0n) is 15.8. The topological polar surface area (TPSA) is 80.6 Å². The highest BCUT2D eigenvalue weighted by molar-refractivity contribution is 5.82. The van der Waals surface area contributed by atoms with E-state index in [2.05, 4.69) is 9.98 Å². The van der Waals surface area contributed by atoms with E-state index < -0.39 is 0 Å². The molecule has 7 nitrogen and oxygen atoms in total. The first-order valence-electron chi connectivity index (χ1n) is 8.58. The molecule has 0 saturated carbocycles. The lowest BCUT2D eigenvalue weighted by Crippen LogP contribution is -2.11. The molecular weight excluding hydrogens is 370 g/mol.